The molecule has 7 heteroatoms. The molecule has 1 saturated heterocycles. The number of halogens is 1. The number of piperidine rings is 1. The molecule has 1 aliphatic heterocycles. The summed E-state index contributed by atoms with van der Waals surface area (Å²) in [7, 11) is 0. The van der Waals surface area contributed by atoms with Crippen LogP contribution in [0, 0.1) is 11.7 Å². The Morgan fingerprint density at radius 1 is 1.21 bits per heavy atom. The number of hydrogen-bond donors (Lipinski definition) is 1. The second-order valence-electron chi connectivity index (χ2n) is 7.00. The summed E-state index contributed by atoms with van der Waals surface area (Å²) < 4.78 is 18.2. The maximum absolute atomic E-state index is 13.4. The van der Waals surface area contributed by atoms with Gasteiger partial charge in [0.25, 0.3) is 0 Å². The number of anilines is 1. The van der Waals surface area contributed by atoms with Gasteiger partial charge < -0.3 is 9.84 Å². The van der Waals surface area contributed by atoms with Crippen molar-refractivity contribution in [1.29, 1.82) is 0 Å². The summed E-state index contributed by atoms with van der Waals surface area (Å²) in [4.78, 5) is 18.9. The lowest BCUT2D eigenvalue weighted by Crippen LogP contribution is -2.40. The van der Waals surface area contributed by atoms with Gasteiger partial charge in [-0.3, -0.25) is 9.69 Å². The van der Waals surface area contributed by atoms with Gasteiger partial charge in [0.2, 0.25) is 12.3 Å². The molecule has 0 spiro atoms. The van der Waals surface area contributed by atoms with Crippen LogP contribution in [-0.2, 0) is 11.3 Å². The van der Waals surface area contributed by atoms with Crippen LogP contribution in [0.5, 0.6) is 0 Å². The average Bonchev–Trinajstić information content (AvgIpc) is 3.22. The number of nitrogens with one attached hydrogen (secondary N) is 1. The van der Waals surface area contributed by atoms with Crippen LogP contribution in [0.3, 0.4) is 0 Å². The lowest BCUT2D eigenvalue weighted by atomic mass is 9.97. The van der Waals surface area contributed by atoms with Gasteiger partial charge in [0.15, 0.2) is 5.82 Å². The highest BCUT2D eigenvalue weighted by molar-refractivity contribution is 5.93. The van der Waals surface area contributed by atoms with Crippen molar-refractivity contribution < 1.29 is 13.7 Å². The Morgan fingerprint density at radius 3 is 2.82 bits per heavy atom. The summed E-state index contributed by atoms with van der Waals surface area (Å²) >= 11 is 0. The van der Waals surface area contributed by atoms with Crippen LogP contribution in [0.15, 0.2) is 59.4 Å². The fraction of sp³-hybridized carbons (Fsp3) is 0.286. The molecule has 28 heavy (non-hydrogen) atoms. The number of likely N-dealkylation sites (tertiary alicyclic amines) is 1. The van der Waals surface area contributed by atoms with Crippen molar-refractivity contribution in [2.75, 3.05) is 18.4 Å². The smallest absolute Gasteiger partial charge is 0.228 e. The van der Waals surface area contributed by atoms with Crippen LogP contribution in [0.2, 0.25) is 0 Å². The van der Waals surface area contributed by atoms with Gasteiger partial charge in [-0.2, -0.15) is 4.98 Å². The van der Waals surface area contributed by atoms with Gasteiger partial charge >= 0.3 is 0 Å². The number of hydrogen-bond acceptors (Lipinski definition) is 5. The lowest BCUT2D eigenvalue weighted by Gasteiger charge is -2.31. The third kappa shape index (κ3) is 4.43. The molecule has 6 nitrogen and oxygen atoms in total. The van der Waals surface area contributed by atoms with Gasteiger partial charge in [0, 0.05) is 12.2 Å². The van der Waals surface area contributed by atoms with Gasteiger partial charge in [0.1, 0.15) is 5.82 Å². The van der Waals surface area contributed by atoms with E-state index in [-0.39, 0.29) is 17.6 Å². The molecule has 3 aromatic rings. The fourth-order valence-electron chi connectivity index (χ4n) is 3.53. The lowest BCUT2D eigenvalue weighted by molar-refractivity contribution is -0.121. The van der Waals surface area contributed by atoms with Crippen molar-refractivity contribution in [2.24, 2.45) is 5.92 Å². The summed E-state index contributed by atoms with van der Waals surface area (Å²) in [6.07, 6.45) is 3.13. The Bertz CT molecular complexity index is 928. The molecule has 0 radical (unpaired) electrons. The van der Waals surface area contributed by atoms with E-state index in [9.17, 15) is 9.18 Å². The SMILES string of the molecule is O=C(Nc1ccc(-c2cccc(F)c2)cc1)[C@@H]1CCCN(Cc2ncon2)C1. The molecular weight excluding hydrogens is 359 g/mol. The Hall–Kier alpha value is -3.06. The number of carbonyl (C=O) groups excluding carboxylic acids is 1. The molecular formula is C21H21FN4O2. The molecule has 144 valence electrons. The highest BCUT2D eigenvalue weighted by Gasteiger charge is 2.26. The molecule has 0 aliphatic carbocycles. The van der Waals surface area contributed by atoms with Gasteiger partial charge in [-0.1, -0.05) is 29.4 Å². The number of nitrogens with zero attached hydrogens (tertiary/aromatic N) is 3. The monoisotopic (exact) mass is 380 g/mol. The number of aromatic nitrogens is 2. The van der Waals surface area contributed by atoms with Crippen molar-refractivity contribution in [3.63, 3.8) is 0 Å². The highest BCUT2D eigenvalue weighted by atomic mass is 19.1. The maximum Gasteiger partial charge on any atom is 0.228 e. The van der Waals surface area contributed by atoms with E-state index in [0.29, 0.717) is 18.9 Å². The van der Waals surface area contributed by atoms with Crippen molar-refractivity contribution in [2.45, 2.75) is 19.4 Å². The largest absolute Gasteiger partial charge is 0.343 e. The Morgan fingerprint density at radius 2 is 2.07 bits per heavy atom. The first-order valence-corrected chi connectivity index (χ1v) is 9.32. The summed E-state index contributed by atoms with van der Waals surface area (Å²) in [6, 6.07) is 13.9. The normalized spacial score (nSPS) is 17.4. The van der Waals surface area contributed by atoms with Crippen molar-refractivity contribution in [3.05, 3.63) is 66.6 Å². The molecule has 0 bridgehead atoms. The first-order valence-electron chi connectivity index (χ1n) is 9.32. The van der Waals surface area contributed by atoms with Crippen LogP contribution < -0.4 is 5.32 Å². The van der Waals surface area contributed by atoms with E-state index in [1.54, 1.807) is 6.07 Å². The van der Waals surface area contributed by atoms with E-state index in [2.05, 4.69) is 20.4 Å². The van der Waals surface area contributed by atoms with Gasteiger partial charge in [0.05, 0.1) is 12.5 Å². The summed E-state index contributed by atoms with van der Waals surface area (Å²) in [5.74, 6) is 0.298. The number of amides is 1. The van der Waals surface area contributed by atoms with E-state index in [4.69, 9.17) is 4.52 Å². The van der Waals surface area contributed by atoms with Crippen LogP contribution in [0.25, 0.3) is 11.1 Å². The molecule has 1 aliphatic rings. The standard InChI is InChI=1S/C21H21FN4O2/c22-18-5-1-3-16(11-18)15-6-8-19(9-7-15)24-21(27)17-4-2-10-26(12-17)13-20-23-14-28-25-20/h1,3,5-9,11,14,17H,2,4,10,12-13H2,(H,24,27)/t17-/m1/s1. The third-order valence-electron chi connectivity index (χ3n) is 4.96. The van der Waals surface area contributed by atoms with Gasteiger partial charge in [-0.25, -0.2) is 4.39 Å². The van der Waals surface area contributed by atoms with Crippen molar-refractivity contribution in [3.8, 4) is 11.1 Å². The molecule has 1 atom stereocenters. The predicted octanol–water partition coefficient (Wildman–Crippen LogP) is 3.73. The van der Waals surface area contributed by atoms with E-state index in [0.717, 1.165) is 36.2 Å². The summed E-state index contributed by atoms with van der Waals surface area (Å²) in [6.45, 7) is 2.17. The van der Waals surface area contributed by atoms with E-state index in [1.807, 2.05) is 30.3 Å². The number of carbonyl (C=O) groups is 1. The second-order valence-corrected chi connectivity index (χ2v) is 7.00. The predicted molar refractivity (Wildman–Crippen MR) is 103 cm³/mol. The molecule has 2 aromatic carbocycles. The number of rotatable bonds is 5. The first-order chi connectivity index (χ1) is 13.7. The molecule has 1 N–H and O–H groups in total. The van der Waals surface area contributed by atoms with Crippen molar-refractivity contribution >= 4 is 11.6 Å². The van der Waals surface area contributed by atoms with Crippen LogP contribution >= 0.6 is 0 Å². The Kier molecular flexibility index (Phi) is 5.43. The molecule has 2 heterocycles. The van der Waals surface area contributed by atoms with Gasteiger partial charge in [-0.05, 0) is 54.8 Å². The minimum atomic E-state index is -0.266. The number of benzene rings is 2. The minimum absolute atomic E-state index is 0.0105. The Balaban J connectivity index is 1.36. The molecule has 4 rings (SSSR count). The topological polar surface area (TPSA) is 71.3 Å². The summed E-state index contributed by atoms with van der Waals surface area (Å²) in [5.41, 5.74) is 2.45. The maximum atomic E-state index is 13.4. The van der Waals surface area contributed by atoms with E-state index >= 15 is 0 Å². The molecule has 1 aromatic heterocycles. The van der Waals surface area contributed by atoms with Crippen LogP contribution in [0.4, 0.5) is 10.1 Å². The molecule has 1 fully saturated rings. The average molecular weight is 380 g/mol. The Labute approximate surface area is 162 Å². The van der Waals surface area contributed by atoms with E-state index < -0.39 is 0 Å². The van der Waals surface area contributed by atoms with Crippen LogP contribution in [-0.4, -0.2) is 34.0 Å². The second kappa shape index (κ2) is 8.31. The van der Waals surface area contributed by atoms with Crippen molar-refractivity contribution in [1.82, 2.24) is 15.0 Å². The third-order valence-corrected chi connectivity index (χ3v) is 4.96. The van der Waals surface area contributed by atoms with Gasteiger partial charge in [-0.15, -0.1) is 0 Å². The quantitative estimate of drug-likeness (QED) is 0.730. The molecule has 0 saturated carbocycles. The molecule has 0 unspecified atom stereocenters. The highest BCUT2D eigenvalue weighted by Crippen LogP contribution is 2.24. The van der Waals surface area contributed by atoms with E-state index in [1.165, 1.54) is 18.5 Å². The molecule has 1 amide bonds. The summed E-state index contributed by atoms with van der Waals surface area (Å²) in [5, 5.41) is 6.83. The minimum Gasteiger partial charge on any atom is -0.343 e. The zero-order chi connectivity index (χ0) is 19.3. The fourth-order valence-corrected chi connectivity index (χ4v) is 3.53. The van der Waals surface area contributed by atoms with Crippen LogP contribution in [0.1, 0.15) is 18.7 Å². The zero-order valence-corrected chi connectivity index (χ0v) is 15.3. The zero-order valence-electron chi connectivity index (χ0n) is 15.3. The first kappa shape index (κ1) is 18.3.